The van der Waals surface area contributed by atoms with Gasteiger partial charge in [-0.05, 0) is 12.1 Å². The van der Waals surface area contributed by atoms with Gasteiger partial charge in [-0.3, -0.25) is 4.68 Å². The van der Waals surface area contributed by atoms with E-state index in [1.807, 2.05) is 53.6 Å². The lowest BCUT2D eigenvalue weighted by molar-refractivity contribution is 0.0161. The molecule has 39 heavy (non-hydrogen) atoms. The van der Waals surface area contributed by atoms with E-state index in [0.717, 1.165) is 62.9 Å². The van der Waals surface area contributed by atoms with Gasteiger partial charge in [0.2, 0.25) is 17.8 Å². The molecule has 2 aliphatic heterocycles. The highest BCUT2D eigenvalue weighted by Crippen LogP contribution is 2.18. The van der Waals surface area contributed by atoms with Crippen LogP contribution < -0.4 is 25.2 Å². The fourth-order valence-corrected chi connectivity index (χ4v) is 4.48. The topological polar surface area (TPSA) is 131 Å². The Morgan fingerprint density at radius 2 is 1.74 bits per heavy atom. The predicted octanol–water partition coefficient (Wildman–Crippen LogP) is 1.50. The lowest BCUT2D eigenvalue weighted by atomic mass is 10.3. The van der Waals surface area contributed by atoms with Crippen LogP contribution in [0.5, 0.6) is 5.75 Å². The van der Waals surface area contributed by atoms with Crippen molar-refractivity contribution in [3.8, 4) is 5.75 Å². The van der Waals surface area contributed by atoms with Crippen LogP contribution in [0.1, 0.15) is 5.56 Å². The molecule has 0 amide bonds. The molecule has 2 saturated heterocycles. The summed E-state index contributed by atoms with van der Waals surface area (Å²) in [7, 11) is 0. The Bertz CT molecular complexity index is 1320. The molecular weight excluding hydrogens is 498 g/mol. The second-order valence-corrected chi connectivity index (χ2v) is 9.35. The fourth-order valence-electron chi connectivity index (χ4n) is 4.48. The van der Waals surface area contributed by atoms with Crippen molar-refractivity contribution in [1.82, 2.24) is 40.0 Å². The van der Waals surface area contributed by atoms with Crippen LogP contribution in [0.2, 0.25) is 0 Å². The third kappa shape index (κ3) is 6.56. The molecule has 2 N–H and O–H groups in total. The number of hydrogen-bond donors (Lipinski definition) is 2. The molecule has 202 valence electrons. The summed E-state index contributed by atoms with van der Waals surface area (Å²) < 4.78 is 13.4. The Hall–Kier alpha value is -4.36. The number of anilines is 4. The summed E-state index contributed by atoms with van der Waals surface area (Å²) >= 11 is 0. The van der Waals surface area contributed by atoms with Gasteiger partial charge in [0.15, 0.2) is 0 Å². The number of nitrogens with zero attached hydrogens (tertiary/aromatic N) is 9. The molecule has 0 radical (unpaired) electrons. The molecule has 6 rings (SSSR count). The summed E-state index contributed by atoms with van der Waals surface area (Å²) in [5, 5.41) is 11.0. The van der Waals surface area contributed by atoms with Crippen LogP contribution in [0, 0.1) is 0 Å². The predicted molar refractivity (Wildman–Crippen MR) is 145 cm³/mol. The maximum absolute atomic E-state index is 5.78. The molecule has 3 aromatic heterocycles. The SMILES string of the molecule is c1ccc(OCc2cnc(N3CCN(c4ncnc(Nc5cnn(C[C@@H]6CNCCO6)c5)n4)CC3)nc2)cc1. The quantitative estimate of drug-likeness (QED) is 0.326. The number of rotatable bonds is 9. The fraction of sp³-hybridized carbons (Fsp3) is 0.385. The smallest absolute Gasteiger partial charge is 0.232 e. The maximum atomic E-state index is 5.78. The Morgan fingerprint density at radius 3 is 2.51 bits per heavy atom. The maximum Gasteiger partial charge on any atom is 0.232 e. The van der Waals surface area contributed by atoms with E-state index < -0.39 is 0 Å². The first-order valence-corrected chi connectivity index (χ1v) is 13.1. The standard InChI is InChI=1S/C26H31N11O2/c1-2-4-22(5-3-1)39-18-20-12-28-25(29-13-20)35-7-9-36(10-8-35)26-31-19-30-24(34-26)33-21-14-32-37(16-21)17-23-15-27-6-11-38-23/h1-5,12-14,16,19,23,27H,6-11,15,17-18H2,(H,30,31,33,34)/t23-/m0/s1. The molecule has 2 aliphatic rings. The van der Waals surface area contributed by atoms with E-state index in [9.17, 15) is 0 Å². The van der Waals surface area contributed by atoms with Crippen LogP contribution in [0.3, 0.4) is 0 Å². The van der Waals surface area contributed by atoms with Gasteiger partial charge in [-0.15, -0.1) is 0 Å². The zero-order valence-corrected chi connectivity index (χ0v) is 21.6. The van der Waals surface area contributed by atoms with Gasteiger partial charge in [0.05, 0.1) is 31.1 Å². The molecule has 5 heterocycles. The first-order valence-electron chi connectivity index (χ1n) is 13.1. The van der Waals surface area contributed by atoms with Gasteiger partial charge in [0.1, 0.15) is 18.7 Å². The van der Waals surface area contributed by atoms with Crippen molar-refractivity contribution in [3.05, 3.63) is 67.0 Å². The van der Waals surface area contributed by atoms with Gasteiger partial charge in [-0.1, -0.05) is 18.2 Å². The zero-order valence-electron chi connectivity index (χ0n) is 21.6. The highest BCUT2D eigenvalue weighted by molar-refractivity contribution is 5.51. The van der Waals surface area contributed by atoms with Crippen molar-refractivity contribution >= 4 is 23.5 Å². The molecule has 4 aromatic rings. The van der Waals surface area contributed by atoms with E-state index in [2.05, 4.69) is 50.5 Å². The number of piperazine rings is 1. The zero-order chi connectivity index (χ0) is 26.3. The summed E-state index contributed by atoms with van der Waals surface area (Å²) in [4.78, 5) is 26.7. The van der Waals surface area contributed by atoms with Crippen molar-refractivity contribution < 1.29 is 9.47 Å². The Morgan fingerprint density at radius 1 is 0.949 bits per heavy atom. The Balaban J connectivity index is 0.998. The lowest BCUT2D eigenvalue weighted by Crippen LogP contribution is -2.47. The minimum Gasteiger partial charge on any atom is -0.489 e. The van der Waals surface area contributed by atoms with Crippen LogP contribution in [0.4, 0.5) is 23.5 Å². The Labute approximate surface area is 226 Å². The molecule has 0 aliphatic carbocycles. The number of morpholine rings is 1. The number of para-hydroxylation sites is 1. The molecule has 2 fully saturated rings. The molecule has 0 saturated carbocycles. The highest BCUT2D eigenvalue weighted by Gasteiger charge is 2.21. The second kappa shape index (κ2) is 12.0. The van der Waals surface area contributed by atoms with Crippen LogP contribution in [-0.2, 0) is 17.9 Å². The highest BCUT2D eigenvalue weighted by atomic mass is 16.5. The van der Waals surface area contributed by atoms with E-state index in [4.69, 9.17) is 9.47 Å². The van der Waals surface area contributed by atoms with Gasteiger partial charge in [-0.2, -0.15) is 10.1 Å². The van der Waals surface area contributed by atoms with Gasteiger partial charge >= 0.3 is 0 Å². The average molecular weight is 530 g/mol. The normalized spacial score (nSPS) is 17.7. The van der Waals surface area contributed by atoms with Gasteiger partial charge in [-0.25, -0.2) is 19.9 Å². The van der Waals surface area contributed by atoms with E-state index in [1.165, 1.54) is 6.33 Å². The number of aromatic nitrogens is 7. The molecule has 0 bridgehead atoms. The van der Waals surface area contributed by atoms with E-state index in [1.54, 1.807) is 6.20 Å². The number of benzene rings is 1. The summed E-state index contributed by atoms with van der Waals surface area (Å²) in [6.07, 6.45) is 8.98. The Kier molecular flexibility index (Phi) is 7.68. The summed E-state index contributed by atoms with van der Waals surface area (Å²) in [6, 6.07) is 9.72. The average Bonchev–Trinajstić information content (AvgIpc) is 3.44. The number of nitrogens with one attached hydrogen (secondary N) is 2. The number of ether oxygens (including phenoxy) is 2. The van der Waals surface area contributed by atoms with Crippen molar-refractivity contribution in [2.24, 2.45) is 0 Å². The minimum absolute atomic E-state index is 0.117. The van der Waals surface area contributed by atoms with Crippen molar-refractivity contribution in [2.45, 2.75) is 19.3 Å². The third-order valence-electron chi connectivity index (χ3n) is 6.53. The molecule has 13 nitrogen and oxygen atoms in total. The summed E-state index contributed by atoms with van der Waals surface area (Å²) in [5.74, 6) is 2.65. The minimum atomic E-state index is 0.117. The first kappa shape index (κ1) is 24.9. The van der Waals surface area contributed by atoms with Gasteiger partial charge in [0.25, 0.3) is 0 Å². The van der Waals surface area contributed by atoms with Crippen LogP contribution in [0.15, 0.2) is 61.4 Å². The van der Waals surface area contributed by atoms with Crippen LogP contribution >= 0.6 is 0 Å². The van der Waals surface area contributed by atoms with Crippen molar-refractivity contribution in [1.29, 1.82) is 0 Å². The number of hydrogen-bond acceptors (Lipinski definition) is 12. The molecule has 0 spiro atoms. The molecule has 13 heteroatoms. The van der Waals surface area contributed by atoms with Crippen molar-refractivity contribution in [2.75, 3.05) is 61.0 Å². The van der Waals surface area contributed by atoms with E-state index in [0.29, 0.717) is 31.0 Å². The molecule has 1 aromatic carbocycles. The third-order valence-corrected chi connectivity index (χ3v) is 6.53. The van der Waals surface area contributed by atoms with Gasteiger partial charge < -0.3 is 29.9 Å². The molecular formula is C26H31N11O2. The largest absolute Gasteiger partial charge is 0.489 e. The summed E-state index contributed by atoms with van der Waals surface area (Å²) in [6.45, 7) is 6.59. The monoisotopic (exact) mass is 529 g/mol. The molecule has 1 atom stereocenters. The first-order chi connectivity index (χ1) is 19.3. The van der Waals surface area contributed by atoms with Crippen LogP contribution in [0.25, 0.3) is 0 Å². The van der Waals surface area contributed by atoms with E-state index in [-0.39, 0.29) is 6.10 Å². The lowest BCUT2D eigenvalue weighted by Gasteiger charge is -2.34. The van der Waals surface area contributed by atoms with Gasteiger partial charge in [0, 0.05) is 63.4 Å². The molecule has 0 unspecified atom stereocenters. The summed E-state index contributed by atoms with van der Waals surface area (Å²) in [5.41, 5.74) is 1.74. The second-order valence-electron chi connectivity index (χ2n) is 9.35. The van der Waals surface area contributed by atoms with Crippen molar-refractivity contribution in [3.63, 3.8) is 0 Å². The van der Waals surface area contributed by atoms with E-state index >= 15 is 0 Å². The van der Waals surface area contributed by atoms with Crippen LogP contribution in [-0.4, -0.2) is 86.7 Å².